The largest absolute Gasteiger partial charge is 0.490 e. The minimum atomic E-state index is 0.246. The van der Waals surface area contributed by atoms with Gasteiger partial charge in [0.25, 0.3) is 0 Å². The summed E-state index contributed by atoms with van der Waals surface area (Å²) in [5.74, 6) is 1.59. The van der Waals surface area contributed by atoms with E-state index in [0.29, 0.717) is 0 Å². The first-order chi connectivity index (χ1) is 7.15. The van der Waals surface area contributed by atoms with E-state index in [1.165, 1.54) is 6.42 Å². The summed E-state index contributed by atoms with van der Waals surface area (Å²) in [7, 11) is 4.24. The molecule has 1 fully saturated rings. The van der Waals surface area contributed by atoms with Gasteiger partial charge >= 0.3 is 0 Å². The molecule has 0 bridgehead atoms. The lowest BCUT2D eigenvalue weighted by atomic mass is 10.2. The van der Waals surface area contributed by atoms with Crippen LogP contribution in [-0.2, 0) is 0 Å². The Labute approximate surface area is 91.1 Å². The number of likely N-dealkylation sites (N-methyl/N-ethyl adjacent to an activating group) is 1. The molecular weight excluding hydrogens is 188 g/mol. The van der Waals surface area contributed by atoms with E-state index in [9.17, 15) is 0 Å². The summed E-state index contributed by atoms with van der Waals surface area (Å²) >= 11 is 0. The molecule has 0 radical (unpaired) electrons. The quantitative estimate of drug-likeness (QED) is 0.751. The molecule has 0 saturated heterocycles. The van der Waals surface area contributed by atoms with Crippen LogP contribution in [0.3, 0.4) is 0 Å². The first kappa shape index (κ1) is 10.4. The Kier molecular flexibility index (Phi) is 2.65. The van der Waals surface area contributed by atoms with E-state index in [2.05, 4.69) is 30.9 Å². The molecule has 15 heavy (non-hydrogen) atoms. The second-order valence-corrected chi connectivity index (χ2v) is 4.58. The fraction of sp³-hybridized carbons (Fsp3) is 0.583. The number of rotatable bonds is 4. The van der Waals surface area contributed by atoms with E-state index < -0.39 is 0 Å². The summed E-state index contributed by atoms with van der Waals surface area (Å²) < 4.78 is 5.76. The van der Waals surface area contributed by atoms with Crippen LogP contribution < -0.4 is 4.74 Å². The molecule has 0 amide bonds. The highest BCUT2D eigenvalue weighted by atomic mass is 16.5. The summed E-state index contributed by atoms with van der Waals surface area (Å²) in [5, 5.41) is 0. The van der Waals surface area contributed by atoms with E-state index in [4.69, 9.17) is 4.74 Å². The van der Waals surface area contributed by atoms with Gasteiger partial charge in [-0.25, -0.2) is 0 Å². The Morgan fingerprint density at radius 3 is 2.80 bits per heavy atom. The Balaban J connectivity index is 1.94. The third kappa shape index (κ3) is 1.97. The topological polar surface area (TPSA) is 25.4 Å². The Morgan fingerprint density at radius 2 is 2.33 bits per heavy atom. The minimum absolute atomic E-state index is 0.246. The molecule has 1 aliphatic carbocycles. The average molecular weight is 206 g/mol. The molecule has 1 aliphatic rings. The van der Waals surface area contributed by atoms with Gasteiger partial charge in [0.1, 0.15) is 12.4 Å². The molecule has 0 aliphatic heterocycles. The lowest BCUT2D eigenvalue weighted by molar-refractivity contribution is 0.155. The SMILES string of the molecule is C[C@@H]1C[C@@]1(COc1cccnc1)N(C)C. The van der Waals surface area contributed by atoms with Crippen LogP contribution in [0, 0.1) is 5.92 Å². The number of hydrogen-bond acceptors (Lipinski definition) is 3. The fourth-order valence-corrected chi connectivity index (χ4v) is 2.07. The summed E-state index contributed by atoms with van der Waals surface area (Å²) in [5.41, 5.74) is 0.246. The van der Waals surface area contributed by atoms with Crippen LogP contribution in [0.1, 0.15) is 13.3 Å². The second kappa shape index (κ2) is 3.81. The van der Waals surface area contributed by atoms with E-state index in [1.54, 1.807) is 12.4 Å². The molecular formula is C12H18N2O. The summed E-state index contributed by atoms with van der Waals surface area (Å²) in [6.07, 6.45) is 4.74. The highest BCUT2D eigenvalue weighted by Crippen LogP contribution is 2.47. The summed E-state index contributed by atoms with van der Waals surface area (Å²) in [6, 6.07) is 3.84. The van der Waals surface area contributed by atoms with Crippen molar-refractivity contribution in [1.29, 1.82) is 0 Å². The maximum atomic E-state index is 5.76. The van der Waals surface area contributed by atoms with Gasteiger partial charge in [0.15, 0.2) is 0 Å². The lowest BCUT2D eigenvalue weighted by Crippen LogP contribution is -2.37. The maximum absolute atomic E-state index is 5.76. The molecule has 3 nitrogen and oxygen atoms in total. The van der Waals surface area contributed by atoms with Gasteiger partial charge in [-0.1, -0.05) is 6.92 Å². The first-order valence-electron chi connectivity index (χ1n) is 5.35. The van der Waals surface area contributed by atoms with Crippen LogP contribution in [-0.4, -0.2) is 36.1 Å². The van der Waals surface area contributed by atoms with Crippen molar-refractivity contribution < 1.29 is 4.74 Å². The number of aromatic nitrogens is 1. The van der Waals surface area contributed by atoms with Gasteiger partial charge in [-0.3, -0.25) is 4.98 Å². The predicted molar refractivity (Wildman–Crippen MR) is 59.9 cm³/mol. The highest BCUT2D eigenvalue weighted by Gasteiger charge is 2.53. The molecule has 0 N–H and O–H groups in total. The fourth-order valence-electron chi connectivity index (χ4n) is 2.07. The van der Waals surface area contributed by atoms with Crippen molar-refractivity contribution >= 4 is 0 Å². The van der Waals surface area contributed by atoms with Crippen molar-refractivity contribution in [2.24, 2.45) is 5.92 Å². The molecule has 1 saturated carbocycles. The van der Waals surface area contributed by atoms with Crippen LogP contribution in [0.4, 0.5) is 0 Å². The van der Waals surface area contributed by atoms with Crippen LogP contribution in [0.25, 0.3) is 0 Å². The Morgan fingerprint density at radius 1 is 1.60 bits per heavy atom. The standard InChI is InChI=1S/C12H18N2O/c1-10-7-12(10,14(2)3)9-15-11-5-4-6-13-8-11/h4-6,8,10H,7,9H2,1-3H3/t10-,12+/m1/s1. The van der Waals surface area contributed by atoms with Crippen molar-refractivity contribution in [3.8, 4) is 5.75 Å². The second-order valence-electron chi connectivity index (χ2n) is 4.58. The lowest BCUT2D eigenvalue weighted by Gasteiger charge is -2.25. The zero-order chi connectivity index (χ0) is 10.9. The number of nitrogens with zero attached hydrogens (tertiary/aromatic N) is 2. The molecule has 1 aromatic heterocycles. The van der Waals surface area contributed by atoms with Crippen LogP contribution >= 0.6 is 0 Å². The van der Waals surface area contributed by atoms with Crippen LogP contribution in [0.5, 0.6) is 5.75 Å². The zero-order valence-corrected chi connectivity index (χ0v) is 9.60. The van der Waals surface area contributed by atoms with Gasteiger partial charge in [0.05, 0.1) is 11.7 Å². The van der Waals surface area contributed by atoms with Gasteiger partial charge in [-0.15, -0.1) is 0 Å². The van der Waals surface area contributed by atoms with Crippen molar-refractivity contribution in [3.05, 3.63) is 24.5 Å². The number of ether oxygens (including phenoxy) is 1. The zero-order valence-electron chi connectivity index (χ0n) is 9.60. The molecule has 82 valence electrons. The average Bonchev–Trinajstić information content (AvgIpc) is 2.90. The third-order valence-electron chi connectivity index (χ3n) is 3.43. The molecule has 0 unspecified atom stereocenters. The maximum Gasteiger partial charge on any atom is 0.137 e. The van der Waals surface area contributed by atoms with Crippen LogP contribution in [0.2, 0.25) is 0 Å². The van der Waals surface area contributed by atoms with Gasteiger partial charge in [-0.2, -0.15) is 0 Å². The first-order valence-corrected chi connectivity index (χ1v) is 5.35. The Hall–Kier alpha value is -1.09. The molecule has 1 heterocycles. The van der Waals surface area contributed by atoms with E-state index in [1.807, 2.05) is 12.1 Å². The van der Waals surface area contributed by atoms with Crippen LogP contribution in [0.15, 0.2) is 24.5 Å². The van der Waals surface area contributed by atoms with Crippen molar-refractivity contribution in [2.45, 2.75) is 18.9 Å². The van der Waals surface area contributed by atoms with Crippen molar-refractivity contribution in [1.82, 2.24) is 9.88 Å². The smallest absolute Gasteiger partial charge is 0.137 e. The third-order valence-corrected chi connectivity index (χ3v) is 3.43. The molecule has 2 atom stereocenters. The van der Waals surface area contributed by atoms with Gasteiger partial charge in [0, 0.05) is 6.20 Å². The predicted octanol–water partition coefficient (Wildman–Crippen LogP) is 1.80. The van der Waals surface area contributed by atoms with Gasteiger partial charge < -0.3 is 9.64 Å². The van der Waals surface area contributed by atoms with Crippen molar-refractivity contribution in [3.63, 3.8) is 0 Å². The monoisotopic (exact) mass is 206 g/mol. The van der Waals surface area contributed by atoms with E-state index >= 15 is 0 Å². The van der Waals surface area contributed by atoms with Gasteiger partial charge in [0.2, 0.25) is 0 Å². The van der Waals surface area contributed by atoms with E-state index in [0.717, 1.165) is 18.3 Å². The number of hydrogen-bond donors (Lipinski definition) is 0. The molecule has 0 aromatic carbocycles. The molecule has 0 spiro atoms. The highest BCUT2D eigenvalue weighted by molar-refractivity contribution is 5.17. The van der Waals surface area contributed by atoms with Gasteiger partial charge in [-0.05, 0) is 38.6 Å². The summed E-state index contributed by atoms with van der Waals surface area (Å²) in [4.78, 5) is 6.30. The minimum Gasteiger partial charge on any atom is -0.490 e. The normalized spacial score (nSPS) is 29.2. The molecule has 2 rings (SSSR count). The molecule has 1 aromatic rings. The van der Waals surface area contributed by atoms with E-state index in [-0.39, 0.29) is 5.54 Å². The number of pyridine rings is 1. The Bertz CT molecular complexity index is 326. The van der Waals surface area contributed by atoms with Crippen molar-refractivity contribution in [2.75, 3.05) is 20.7 Å². The summed E-state index contributed by atoms with van der Waals surface area (Å²) in [6.45, 7) is 3.03. The molecule has 3 heteroatoms.